The summed E-state index contributed by atoms with van der Waals surface area (Å²) in [4.78, 5) is 22.0. The molecule has 35 heavy (non-hydrogen) atoms. The van der Waals surface area contributed by atoms with E-state index >= 15 is 0 Å². The number of rotatable bonds is 6. The molecule has 0 fully saturated rings. The van der Waals surface area contributed by atoms with E-state index in [9.17, 15) is 9.90 Å². The number of ether oxygens (including phenoxy) is 1. The van der Waals surface area contributed by atoms with E-state index in [-0.39, 0.29) is 30.6 Å². The van der Waals surface area contributed by atoms with Gasteiger partial charge in [0.2, 0.25) is 0 Å². The average molecular weight is 474 g/mol. The number of pyridine rings is 1. The largest absolute Gasteiger partial charge is 0.394 e. The number of carbonyl (C=O) groups excluding carboxylic acids is 1. The normalized spacial score (nSPS) is 19.6. The number of hydrogen-bond acceptors (Lipinski definition) is 5. The summed E-state index contributed by atoms with van der Waals surface area (Å²) in [6.07, 6.45) is 3.52. The zero-order valence-electron chi connectivity index (χ0n) is 20.8. The summed E-state index contributed by atoms with van der Waals surface area (Å²) in [6, 6.07) is 19.6. The van der Waals surface area contributed by atoms with Gasteiger partial charge in [0.25, 0.3) is 5.91 Å². The second kappa shape index (κ2) is 11.6. The third kappa shape index (κ3) is 5.96. The Morgan fingerprint density at radius 2 is 1.71 bits per heavy atom. The zero-order valence-corrected chi connectivity index (χ0v) is 20.8. The van der Waals surface area contributed by atoms with Crippen molar-refractivity contribution in [1.29, 1.82) is 0 Å². The second-order valence-electron chi connectivity index (χ2n) is 9.57. The molecule has 1 N–H and O–H groups in total. The number of nitrogens with zero attached hydrogens (tertiary/aromatic N) is 3. The molecule has 3 aromatic rings. The van der Waals surface area contributed by atoms with Crippen LogP contribution in [0.5, 0.6) is 0 Å². The third-order valence-electron chi connectivity index (χ3n) is 6.79. The van der Waals surface area contributed by atoms with Crippen molar-refractivity contribution in [2.24, 2.45) is 5.92 Å². The van der Waals surface area contributed by atoms with Gasteiger partial charge in [0, 0.05) is 43.5 Å². The van der Waals surface area contributed by atoms with E-state index in [0.717, 1.165) is 23.2 Å². The quantitative estimate of drug-likeness (QED) is 0.580. The lowest BCUT2D eigenvalue weighted by Gasteiger charge is -2.35. The topological polar surface area (TPSA) is 65.9 Å². The number of carbonyl (C=O) groups is 1. The monoisotopic (exact) mass is 473 g/mol. The number of aromatic nitrogens is 1. The van der Waals surface area contributed by atoms with Crippen LogP contribution in [0.2, 0.25) is 0 Å². The van der Waals surface area contributed by atoms with Crippen LogP contribution in [0.3, 0.4) is 0 Å². The van der Waals surface area contributed by atoms with Crippen LogP contribution in [-0.4, -0.2) is 64.7 Å². The Bertz CT molecular complexity index is 1120. The fraction of sp³-hybridized carbons (Fsp3) is 0.379. The lowest BCUT2D eigenvalue weighted by atomic mass is 9.94. The minimum atomic E-state index is -0.302. The van der Waals surface area contributed by atoms with Gasteiger partial charge >= 0.3 is 0 Å². The Balaban J connectivity index is 1.68. The predicted molar refractivity (Wildman–Crippen MR) is 138 cm³/mol. The van der Waals surface area contributed by atoms with E-state index in [1.165, 1.54) is 5.56 Å². The van der Waals surface area contributed by atoms with Crippen LogP contribution in [0.4, 0.5) is 0 Å². The minimum absolute atomic E-state index is 0.0604. The fourth-order valence-electron chi connectivity index (χ4n) is 4.72. The molecule has 1 aliphatic heterocycles. The van der Waals surface area contributed by atoms with Crippen molar-refractivity contribution in [3.8, 4) is 11.1 Å². The highest BCUT2D eigenvalue weighted by molar-refractivity contribution is 6.01. The fourth-order valence-corrected chi connectivity index (χ4v) is 4.72. The number of hydrogen-bond donors (Lipinski definition) is 1. The molecule has 0 radical (unpaired) electrons. The first-order valence-corrected chi connectivity index (χ1v) is 12.3. The number of aliphatic hydroxyl groups is 1. The van der Waals surface area contributed by atoms with Crippen LogP contribution in [0.1, 0.15) is 35.3 Å². The second-order valence-corrected chi connectivity index (χ2v) is 9.57. The van der Waals surface area contributed by atoms with Crippen LogP contribution in [0.15, 0.2) is 73.1 Å². The molecule has 1 amide bonds. The molecular formula is C29H35N3O3. The third-order valence-corrected chi connectivity index (χ3v) is 6.79. The van der Waals surface area contributed by atoms with Crippen LogP contribution in [0.25, 0.3) is 11.1 Å². The summed E-state index contributed by atoms with van der Waals surface area (Å²) >= 11 is 0. The highest BCUT2D eigenvalue weighted by Crippen LogP contribution is 2.31. The predicted octanol–water partition coefficient (Wildman–Crippen LogP) is 4.24. The van der Waals surface area contributed by atoms with Gasteiger partial charge in [0.15, 0.2) is 0 Å². The van der Waals surface area contributed by atoms with Gasteiger partial charge in [-0.1, -0.05) is 49.4 Å². The molecule has 184 valence electrons. The van der Waals surface area contributed by atoms with Crippen LogP contribution < -0.4 is 0 Å². The maximum absolute atomic E-state index is 13.9. The molecule has 2 aromatic carbocycles. The molecule has 6 heteroatoms. The Morgan fingerprint density at radius 1 is 1.06 bits per heavy atom. The molecule has 2 heterocycles. The summed E-state index contributed by atoms with van der Waals surface area (Å²) in [5, 5.41) is 9.98. The zero-order chi connectivity index (χ0) is 24.8. The number of likely N-dealkylation sites (N-methyl/N-ethyl adjacent to an activating group) is 1. The Kier molecular flexibility index (Phi) is 8.29. The number of benzene rings is 2. The summed E-state index contributed by atoms with van der Waals surface area (Å²) < 4.78 is 6.58. The summed E-state index contributed by atoms with van der Waals surface area (Å²) in [5.74, 6) is -0.000132. The number of fused-ring (bicyclic) bond motifs is 3. The summed E-state index contributed by atoms with van der Waals surface area (Å²) in [5.41, 5.74) is 4.81. The lowest BCUT2D eigenvalue weighted by molar-refractivity contribution is -0.0241. The molecule has 0 spiro atoms. The van der Waals surface area contributed by atoms with Gasteiger partial charge in [-0.3, -0.25) is 14.7 Å². The van der Waals surface area contributed by atoms with Crippen LogP contribution in [-0.2, 0) is 17.9 Å². The molecule has 1 aliphatic rings. The van der Waals surface area contributed by atoms with E-state index in [0.29, 0.717) is 25.3 Å². The van der Waals surface area contributed by atoms with Gasteiger partial charge in [0.05, 0.1) is 25.4 Å². The van der Waals surface area contributed by atoms with Crippen molar-refractivity contribution >= 4 is 5.91 Å². The van der Waals surface area contributed by atoms with E-state index in [4.69, 9.17) is 4.74 Å². The standard InChI is InChI=1S/C29H35N3O3/c1-21-16-32(22(2)19-33)29(34)27-11-7-6-10-26(27)25-9-5-4-8-24(25)20-35-28(21)18-31(3)17-23-12-14-30-15-13-23/h4-15,21-22,28,33H,16-20H2,1-3H3/t21-,22-,28+/m0/s1. The highest BCUT2D eigenvalue weighted by atomic mass is 16.5. The van der Waals surface area contributed by atoms with Gasteiger partial charge in [-0.15, -0.1) is 0 Å². The average Bonchev–Trinajstić information content (AvgIpc) is 2.90. The Morgan fingerprint density at radius 3 is 2.43 bits per heavy atom. The smallest absolute Gasteiger partial charge is 0.254 e. The van der Waals surface area contributed by atoms with E-state index < -0.39 is 0 Å². The molecule has 0 saturated heterocycles. The molecule has 1 aromatic heterocycles. The molecule has 4 rings (SSSR count). The van der Waals surface area contributed by atoms with Crippen molar-refractivity contribution in [2.75, 3.05) is 26.7 Å². The van der Waals surface area contributed by atoms with Gasteiger partial charge in [-0.05, 0) is 54.4 Å². The van der Waals surface area contributed by atoms with E-state index in [2.05, 4.69) is 36.0 Å². The Hall–Kier alpha value is -3.06. The molecule has 6 nitrogen and oxygen atoms in total. The van der Waals surface area contributed by atoms with Crippen molar-refractivity contribution in [1.82, 2.24) is 14.8 Å². The Labute approximate surface area is 208 Å². The molecule has 0 bridgehead atoms. The van der Waals surface area contributed by atoms with Crippen LogP contribution in [0, 0.1) is 5.92 Å². The molecule has 0 saturated carbocycles. The van der Waals surface area contributed by atoms with Crippen molar-refractivity contribution in [3.63, 3.8) is 0 Å². The van der Waals surface area contributed by atoms with E-state index in [1.54, 1.807) is 4.90 Å². The summed E-state index contributed by atoms with van der Waals surface area (Å²) in [7, 11) is 2.09. The number of amides is 1. The lowest BCUT2D eigenvalue weighted by Crippen LogP contribution is -2.47. The maximum atomic E-state index is 13.9. The highest BCUT2D eigenvalue weighted by Gasteiger charge is 2.30. The molecular weight excluding hydrogens is 438 g/mol. The first-order valence-electron chi connectivity index (χ1n) is 12.3. The van der Waals surface area contributed by atoms with Crippen molar-refractivity contribution in [3.05, 3.63) is 89.7 Å². The molecule has 0 aliphatic carbocycles. The molecule has 3 atom stereocenters. The van der Waals surface area contributed by atoms with Crippen molar-refractivity contribution < 1.29 is 14.6 Å². The van der Waals surface area contributed by atoms with Gasteiger partial charge in [-0.25, -0.2) is 0 Å². The summed E-state index contributed by atoms with van der Waals surface area (Å²) in [6.45, 7) is 6.40. The van der Waals surface area contributed by atoms with Gasteiger partial charge in [0.1, 0.15) is 0 Å². The molecule has 0 unspecified atom stereocenters. The first kappa shape index (κ1) is 25.0. The van der Waals surface area contributed by atoms with Gasteiger partial charge < -0.3 is 14.7 Å². The SMILES string of the molecule is C[C@H]1CN([C@@H](C)CO)C(=O)c2ccccc2-c2ccccc2CO[C@@H]1CN(C)Cc1ccncc1. The minimum Gasteiger partial charge on any atom is -0.394 e. The maximum Gasteiger partial charge on any atom is 0.254 e. The van der Waals surface area contributed by atoms with Crippen molar-refractivity contribution in [2.45, 2.75) is 39.1 Å². The van der Waals surface area contributed by atoms with E-state index in [1.807, 2.05) is 67.8 Å². The number of aliphatic hydroxyl groups excluding tert-OH is 1. The van der Waals surface area contributed by atoms with Crippen LogP contribution >= 0.6 is 0 Å². The first-order chi connectivity index (χ1) is 17.0. The van der Waals surface area contributed by atoms with Gasteiger partial charge in [-0.2, -0.15) is 0 Å².